The second kappa shape index (κ2) is 3.85. The molecule has 3 heteroatoms. The standard InChI is InChI=1S/C9H12NO2/c1-10-8-6-7(11-2)4-5-9(8)12-3/h4-6H,1-3H3/q-1. The summed E-state index contributed by atoms with van der Waals surface area (Å²) in [4.78, 5) is 0. The molecule has 0 saturated heterocycles. The number of nitrogens with zero attached hydrogens (tertiary/aromatic N) is 1. The minimum Gasteiger partial charge on any atom is -0.684 e. The van der Waals surface area contributed by atoms with Crippen molar-refractivity contribution in [3.8, 4) is 11.5 Å². The van der Waals surface area contributed by atoms with Crippen molar-refractivity contribution in [3.05, 3.63) is 23.5 Å². The van der Waals surface area contributed by atoms with Gasteiger partial charge in [0.1, 0.15) is 11.5 Å². The van der Waals surface area contributed by atoms with Gasteiger partial charge in [0.15, 0.2) is 0 Å². The first-order valence-electron chi connectivity index (χ1n) is 3.63. The lowest BCUT2D eigenvalue weighted by atomic mass is 10.3. The largest absolute Gasteiger partial charge is 0.684 e. The molecule has 66 valence electrons. The molecule has 1 rings (SSSR count). The fraction of sp³-hybridized carbons (Fsp3) is 0.333. The van der Waals surface area contributed by atoms with Gasteiger partial charge < -0.3 is 14.8 Å². The molecule has 3 nitrogen and oxygen atoms in total. The maximum absolute atomic E-state index is 5.09. The van der Waals surface area contributed by atoms with Crippen molar-refractivity contribution < 1.29 is 9.47 Å². The van der Waals surface area contributed by atoms with Gasteiger partial charge in [0, 0.05) is 0 Å². The van der Waals surface area contributed by atoms with Gasteiger partial charge in [-0.05, 0) is 18.2 Å². The van der Waals surface area contributed by atoms with Crippen molar-refractivity contribution in [2.45, 2.75) is 0 Å². The van der Waals surface area contributed by atoms with Gasteiger partial charge in [-0.25, -0.2) is 0 Å². The predicted octanol–water partition coefficient (Wildman–Crippen LogP) is 2.34. The maximum Gasteiger partial charge on any atom is 0.117 e. The number of hydrogen-bond acceptors (Lipinski definition) is 2. The van der Waals surface area contributed by atoms with E-state index in [-0.39, 0.29) is 0 Å². The van der Waals surface area contributed by atoms with E-state index in [1.165, 1.54) is 0 Å². The van der Waals surface area contributed by atoms with Crippen molar-refractivity contribution in [1.82, 2.24) is 0 Å². The quantitative estimate of drug-likeness (QED) is 0.690. The van der Waals surface area contributed by atoms with E-state index in [4.69, 9.17) is 9.47 Å². The third-order valence-electron chi connectivity index (χ3n) is 1.63. The van der Waals surface area contributed by atoms with Crippen LogP contribution in [0.4, 0.5) is 5.69 Å². The van der Waals surface area contributed by atoms with Crippen LogP contribution in [0.5, 0.6) is 11.5 Å². The van der Waals surface area contributed by atoms with E-state index in [9.17, 15) is 0 Å². The summed E-state index contributed by atoms with van der Waals surface area (Å²) in [6.45, 7) is 0. The summed E-state index contributed by atoms with van der Waals surface area (Å²) < 4.78 is 10.1. The lowest BCUT2D eigenvalue weighted by Gasteiger charge is -2.18. The fourth-order valence-corrected chi connectivity index (χ4v) is 0.972. The molecule has 0 atom stereocenters. The monoisotopic (exact) mass is 166 g/mol. The van der Waals surface area contributed by atoms with Crippen LogP contribution in [0, 0.1) is 0 Å². The molecule has 1 aromatic rings. The molecule has 0 fully saturated rings. The molecule has 0 aliphatic heterocycles. The van der Waals surface area contributed by atoms with Crippen molar-refractivity contribution in [2.75, 3.05) is 21.3 Å². The SMILES string of the molecule is C[N-]c1cc(OC)ccc1OC. The number of benzene rings is 1. The molecule has 0 radical (unpaired) electrons. The minimum atomic E-state index is 0.762. The van der Waals surface area contributed by atoms with E-state index in [2.05, 4.69) is 5.32 Å². The van der Waals surface area contributed by atoms with E-state index in [1.54, 1.807) is 21.3 Å². The third kappa shape index (κ3) is 1.61. The second-order valence-electron chi connectivity index (χ2n) is 2.26. The smallest absolute Gasteiger partial charge is 0.117 e. The van der Waals surface area contributed by atoms with Gasteiger partial charge in [-0.3, -0.25) is 0 Å². The van der Waals surface area contributed by atoms with Gasteiger partial charge in [-0.2, -0.15) is 0 Å². The highest BCUT2D eigenvalue weighted by molar-refractivity contribution is 5.62. The van der Waals surface area contributed by atoms with Gasteiger partial charge in [-0.15, -0.1) is 7.05 Å². The second-order valence-corrected chi connectivity index (χ2v) is 2.26. The molecule has 0 heterocycles. The first-order valence-corrected chi connectivity index (χ1v) is 3.63. The lowest BCUT2D eigenvalue weighted by molar-refractivity contribution is 0.405. The molecular weight excluding hydrogens is 154 g/mol. The van der Waals surface area contributed by atoms with E-state index >= 15 is 0 Å². The van der Waals surface area contributed by atoms with E-state index in [0.717, 1.165) is 17.2 Å². The van der Waals surface area contributed by atoms with E-state index in [0.29, 0.717) is 0 Å². The Kier molecular flexibility index (Phi) is 2.80. The Morgan fingerprint density at radius 3 is 2.42 bits per heavy atom. The first-order chi connectivity index (χ1) is 5.81. The zero-order valence-electron chi connectivity index (χ0n) is 7.50. The molecule has 12 heavy (non-hydrogen) atoms. The molecule has 1 aromatic carbocycles. The van der Waals surface area contributed by atoms with Crippen molar-refractivity contribution in [1.29, 1.82) is 0 Å². The summed E-state index contributed by atoms with van der Waals surface area (Å²) in [5.74, 6) is 1.55. The average molecular weight is 166 g/mol. The summed E-state index contributed by atoms with van der Waals surface area (Å²) in [7, 11) is 4.97. The highest BCUT2D eigenvalue weighted by Gasteiger charge is 1.95. The normalized spacial score (nSPS) is 9.25. The van der Waals surface area contributed by atoms with Gasteiger partial charge in [0.25, 0.3) is 0 Å². The van der Waals surface area contributed by atoms with Crippen LogP contribution < -0.4 is 9.47 Å². The number of methoxy groups -OCH3 is 2. The Hall–Kier alpha value is -1.38. The summed E-state index contributed by atoms with van der Waals surface area (Å²) in [5.41, 5.74) is 0.803. The Labute approximate surface area is 72.3 Å². The van der Waals surface area contributed by atoms with Crippen LogP contribution in [0.3, 0.4) is 0 Å². The number of rotatable bonds is 3. The van der Waals surface area contributed by atoms with Crippen LogP contribution in [0.2, 0.25) is 0 Å². The molecule has 0 unspecified atom stereocenters. The van der Waals surface area contributed by atoms with Crippen LogP contribution in [0.25, 0.3) is 5.32 Å². The summed E-state index contributed by atoms with van der Waals surface area (Å²) in [6.07, 6.45) is 0. The number of hydrogen-bond donors (Lipinski definition) is 0. The van der Waals surface area contributed by atoms with Crippen LogP contribution in [-0.2, 0) is 0 Å². The van der Waals surface area contributed by atoms with E-state index < -0.39 is 0 Å². The highest BCUT2D eigenvalue weighted by atomic mass is 16.5. The predicted molar refractivity (Wildman–Crippen MR) is 48.5 cm³/mol. The van der Waals surface area contributed by atoms with Gasteiger partial charge in [0.05, 0.1) is 14.2 Å². The van der Waals surface area contributed by atoms with Gasteiger partial charge >= 0.3 is 0 Å². The third-order valence-corrected chi connectivity index (χ3v) is 1.63. The zero-order chi connectivity index (χ0) is 8.97. The van der Waals surface area contributed by atoms with Crippen molar-refractivity contribution in [2.24, 2.45) is 0 Å². The van der Waals surface area contributed by atoms with Crippen LogP contribution >= 0.6 is 0 Å². The Morgan fingerprint density at radius 1 is 1.17 bits per heavy atom. The Balaban J connectivity index is 3.02. The Morgan fingerprint density at radius 2 is 1.92 bits per heavy atom. The maximum atomic E-state index is 5.09. The molecule has 0 amide bonds. The highest BCUT2D eigenvalue weighted by Crippen LogP contribution is 2.33. The molecule has 0 bridgehead atoms. The summed E-state index contributed by atoms with van der Waals surface area (Å²) in [6, 6.07) is 5.51. The van der Waals surface area contributed by atoms with Crippen molar-refractivity contribution in [3.63, 3.8) is 0 Å². The molecular formula is C9H12NO2-. The molecule has 0 spiro atoms. The summed E-state index contributed by atoms with van der Waals surface area (Å²) >= 11 is 0. The average Bonchev–Trinajstić information content (AvgIpc) is 2.16. The minimum absolute atomic E-state index is 0.762. The van der Waals surface area contributed by atoms with Gasteiger partial charge in [-0.1, -0.05) is 5.69 Å². The zero-order valence-corrected chi connectivity index (χ0v) is 7.50. The molecule has 0 N–H and O–H groups in total. The molecule has 0 aromatic heterocycles. The number of ether oxygens (including phenoxy) is 2. The van der Waals surface area contributed by atoms with Crippen molar-refractivity contribution >= 4 is 5.69 Å². The van der Waals surface area contributed by atoms with E-state index in [1.807, 2.05) is 18.2 Å². The van der Waals surface area contributed by atoms with Crippen LogP contribution in [0.1, 0.15) is 0 Å². The lowest BCUT2D eigenvalue weighted by Crippen LogP contribution is -1.86. The molecule has 0 aliphatic rings. The summed E-state index contributed by atoms with van der Waals surface area (Å²) in [5, 5.41) is 4.04. The van der Waals surface area contributed by atoms with Crippen LogP contribution in [-0.4, -0.2) is 21.3 Å². The molecule has 0 saturated carbocycles. The molecule has 0 aliphatic carbocycles. The topological polar surface area (TPSA) is 32.6 Å². The van der Waals surface area contributed by atoms with Gasteiger partial charge in [0.2, 0.25) is 0 Å². The Bertz CT molecular complexity index is 261. The van der Waals surface area contributed by atoms with Crippen LogP contribution in [0.15, 0.2) is 18.2 Å². The fourth-order valence-electron chi connectivity index (χ4n) is 0.972. The first kappa shape index (κ1) is 8.71.